The Bertz CT molecular complexity index is 480. The number of nitrogens with zero attached hydrogens (tertiary/aromatic N) is 3. The lowest BCUT2D eigenvalue weighted by Crippen LogP contribution is -2.28. The van der Waals surface area contributed by atoms with E-state index in [-0.39, 0.29) is 6.54 Å². The molecule has 0 saturated heterocycles. The molecule has 1 aromatic rings. The van der Waals surface area contributed by atoms with E-state index in [2.05, 4.69) is 21.3 Å². The summed E-state index contributed by atoms with van der Waals surface area (Å²) in [6.07, 6.45) is 5.04. The zero-order valence-electron chi connectivity index (χ0n) is 9.42. The number of terminal acetylenes is 1. The van der Waals surface area contributed by atoms with Crippen LogP contribution >= 0.6 is 0 Å². The molecule has 1 atom stereocenters. The molecule has 17 heavy (non-hydrogen) atoms. The molecule has 1 N–H and O–H groups in total. The number of azide groups is 1. The summed E-state index contributed by atoms with van der Waals surface area (Å²) in [4.78, 5) is 14.4. The van der Waals surface area contributed by atoms with Gasteiger partial charge >= 0.3 is 0 Å². The minimum Gasteiger partial charge on any atom is -0.345 e. The van der Waals surface area contributed by atoms with Crippen molar-refractivity contribution in [1.82, 2.24) is 5.32 Å². The van der Waals surface area contributed by atoms with E-state index in [9.17, 15) is 4.79 Å². The molecule has 0 aliphatic rings. The fraction of sp³-hybridized carbons (Fsp3) is 0.250. The molecule has 1 rings (SSSR count). The second-order valence-corrected chi connectivity index (χ2v) is 3.44. The van der Waals surface area contributed by atoms with Crippen LogP contribution in [0.1, 0.15) is 17.2 Å². The fourth-order valence-electron chi connectivity index (χ4n) is 1.31. The molecule has 1 aromatic carbocycles. The van der Waals surface area contributed by atoms with Crippen molar-refractivity contribution in [3.05, 3.63) is 45.8 Å². The SMILES string of the molecule is C#CCNC(=O)C(N=[N+]=[N-])c1ccc(C)cc1. The topological polar surface area (TPSA) is 77.9 Å². The Hall–Kier alpha value is -2.44. The van der Waals surface area contributed by atoms with E-state index in [1.54, 1.807) is 12.1 Å². The molecule has 0 aliphatic heterocycles. The molecular formula is C12H12N4O. The first kappa shape index (κ1) is 12.6. The van der Waals surface area contributed by atoms with Gasteiger partial charge in [-0.2, -0.15) is 0 Å². The highest BCUT2D eigenvalue weighted by molar-refractivity contribution is 5.83. The van der Waals surface area contributed by atoms with Crippen LogP contribution in [0.25, 0.3) is 10.4 Å². The van der Waals surface area contributed by atoms with Crippen LogP contribution in [-0.2, 0) is 4.79 Å². The van der Waals surface area contributed by atoms with E-state index in [0.717, 1.165) is 5.56 Å². The van der Waals surface area contributed by atoms with Gasteiger partial charge in [0.2, 0.25) is 5.91 Å². The van der Waals surface area contributed by atoms with E-state index in [1.165, 1.54) is 0 Å². The Balaban J connectivity index is 2.93. The maximum absolute atomic E-state index is 11.7. The van der Waals surface area contributed by atoms with Crippen LogP contribution in [0, 0.1) is 19.3 Å². The Kier molecular flexibility index (Phi) is 4.61. The first-order valence-corrected chi connectivity index (χ1v) is 5.01. The third-order valence-corrected chi connectivity index (χ3v) is 2.17. The normalized spacial score (nSPS) is 10.8. The lowest BCUT2D eigenvalue weighted by atomic mass is 10.1. The number of carbonyl (C=O) groups excluding carboxylic acids is 1. The van der Waals surface area contributed by atoms with Gasteiger partial charge in [0.25, 0.3) is 0 Å². The average Bonchev–Trinajstić information content (AvgIpc) is 2.34. The number of hydrogen-bond donors (Lipinski definition) is 1. The van der Waals surface area contributed by atoms with Crippen molar-refractivity contribution in [1.29, 1.82) is 0 Å². The summed E-state index contributed by atoms with van der Waals surface area (Å²) in [5.74, 6) is 1.89. The Morgan fingerprint density at radius 2 is 2.24 bits per heavy atom. The van der Waals surface area contributed by atoms with Gasteiger partial charge in [-0.3, -0.25) is 4.79 Å². The van der Waals surface area contributed by atoms with Crippen LogP contribution in [-0.4, -0.2) is 12.5 Å². The third kappa shape index (κ3) is 3.56. The highest BCUT2D eigenvalue weighted by Gasteiger charge is 2.18. The molecule has 5 heteroatoms. The van der Waals surface area contributed by atoms with Crippen LogP contribution in [0.5, 0.6) is 0 Å². The minimum atomic E-state index is -0.881. The molecule has 0 saturated carbocycles. The van der Waals surface area contributed by atoms with Crippen molar-refractivity contribution in [2.24, 2.45) is 5.11 Å². The van der Waals surface area contributed by atoms with Crippen molar-refractivity contribution in [2.75, 3.05) is 6.54 Å². The Labute approximate surface area is 99.5 Å². The van der Waals surface area contributed by atoms with Crippen LogP contribution < -0.4 is 5.32 Å². The standard InChI is InChI=1S/C12H12N4O/c1-3-8-14-12(17)11(15-16-13)10-6-4-9(2)5-7-10/h1,4-7,11H,8H2,2H3,(H,14,17). The van der Waals surface area contributed by atoms with E-state index in [4.69, 9.17) is 12.0 Å². The summed E-state index contributed by atoms with van der Waals surface area (Å²) in [7, 11) is 0. The number of hydrogen-bond acceptors (Lipinski definition) is 2. The van der Waals surface area contributed by atoms with Crippen molar-refractivity contribution >= 4 is 5.91 Å². The van der Waals surface area contributed by atoms with E-state index >= 15 is 0 Å². The van der Waals surface area contributed by atoms with Crippen molar-refractivity contribution in [3.8, 4) is 12.3 Å². The molecule has 0 spiro atoms. The predicted molar refractivity (Wildman–Crippen MR) is 64.9 cm³/mol. The summed E-state index contributed by atoms with van der Waals surface area (Å²) in [5.41, 5.74) is 10.2. The molecule has 0 bridgehead atoms. The summed E-state index contributed by atoms with van der Waals surface area (Å²) < 4.78 is 0. The number of rotatable bonds is 4. The van der Waals surface area contributed by atoms with E-state index in [0.29, 0.717) is 5.56 Å². The van der Waals surface area contributed by atoms with Gasteiger partial charge in [-0.05, 0) is 18.0 Å². The van der Waals surface area contributed by atoms with Gasteiger partial charge in [0, 0.05) is 4.91 Å². The number of nitrogens with one attached hydrogen (secondary N) is 1. The molecule has 0 aromatic heterocycles. The Morgan fingerprint density at radius 1 is 1.59 bits per heavy atom. The summed E-state index contributed by atoms with van der Waals surface area (Å²) in [5, 5.41) is 5.97. The minimum absolute atomic E-state index is 0.113. The number of aryl methyl sites for hydroxylation is 1. The third-order valence-electron chi connectivity index (χ3n) is 2.17. The van der Waals surface area contributed by atoms with Gasteiger partial charge in [0.1, 0.15) is 6.04 Å². The van der Waals surface area contributed by atoms with Crippen molar-refractivity contribution in [3.63, 3.8) is 0 Å². The Morgan fingerprint density at radius 3 is 2.76 bits per heavy atom. The van der Waals surface area contributed by atoms with Crippen LogP contribution in [0.15, 0.2) is 29.4 Å². The van der Waals surface area contributed by atoms with E-state index in [1.807, 2.05) is 19.1 Å². The van der Waals surface area contributed by atoms with Gasteiger partial charge in [-0.1, -0.05) is 40.9 Å². The molecule has 0 aliphatic carbocycles. The highest BCUT2D eigenvalue weighted by Crippen LogP contribution is 2.18. The number of carbonyl (C=O) groups is 1. The number of amides is 1. The monoisotopic (exact) mass is 228 g/mol. The van der Waals surface area contributed by atoms with Gasteiger partial charge in [0.15, 0.2) is 0 Å². The van der Waals surface area contributed by atoms with Gasteiger partial charge in [-0.25, -0.2) is 0 Å². The first-order valence-electron chi connectivity index (χ1n) is 5.01. The second-order valence-electron chi connectivity index (χ2n) is 3.44. The number of benzene rings is 1. The van der Waals surface area contributed by atoms with Crippen LogP contribution in [0.3, 0.4) is 0 Å². The molecule has 0 fully saturated rings. The van der Waals surface area contributed by atoms with Crippen LogP contribution in [0.2, 0.25) is 0 Å². The zero-order chi connectivity index (χ0) is 12.7. The van der Waals surface area contributed by atoms with E-state index < -0.39 is 11.9 Å². The van der Waals surface area contributed by atoms with Crippen LogP contribution in [0.4, 0.5) is 0 Å². The van der Waals surface area contributed by atoms with Gasteiger partial charge in [0.05, 0.1) is 6.54 Å². The van der Waals surface area contributed by atoms with Crippen molar-refractivity contribution in [2.45, 2.75) is 13.0 Å². The maximum Gasteiger partial charge on any atom is 0.234 e. The first-order chi connectivity index (χ1) is 8.19. The molecular weight excluding hydrogens is 216 g/mol. The highest BCUT2D eigenvalue weighted by atomic mass is 16.2. The summed E-state index contributed by atoms with van der Waals surface area (Å²) in [6, 6.07) is 6.33. The average molecular weight is 228 g/mol. The summed E-state index contributed by atoms with van der Waals surface area (Å²) >= 11 is 0. The second kappa shape index (κ2) is 6.21. The lowest BCUT2D eigenvalue weighted by Gasteiger charge is -2.10. The van der Waals surface area contributed by atoms with Crippen molar-refractivity contribution < 1.29 is 4.79 Å². The van der Waals surface area contributed by atoms with Gasteiger partial charge in [-0.15, -0.1) is 6.42 Å². The largest absolute Gasteiger partial charge is 0.345 e. The quantitative estimate of drug-likeness (QED) is 0.364. The van der Waals surface area contributed by atoms with Gasteiger partial charge < -0.3 is 5.32 Å². The predicted octanol–water partition coefficient (Wildman–Crippen LogP) is 2.10. The molecule has 1 unspecified atom stereocenters. The lowest BCUT2D eigenvalue weighted by molar-refractivity contribution is -0.122. The molecule has 86 valence electrons. The maximum atomic E-state index is 11.7. The molecule has 1 amide bonds. The smallest absolute Gasteiger partial charge is 0.234 e. The molecule has 0 heterocycles. The fourth-order valence-corrected chi connectivity index (χ4v) is 1.31. The molecule has 0 radical (unpaired) electrons. The molecule has 5 nitrogen and oxygen atoms in total. The summed E-state index contributed by atoms with van der Waals surface area (Å²) in [6.45, 7) is 2.05. The zero-order valence-corrected chi connectivity index (χ0v) is 9.42.